The molecule has 2 aromatic heterocycles. The van der Waals surface area contributed by atoms with E-state index in [9.17, 15) is 4.79 Å². The Balaban J connectivity index is 0.000000504. The molecule has 2 rings (SSSR count). The standard InChI is InChI=1S/C11H18N2O.C10H16N2O.BrH/c1-9-7-11(14-4)12-8-10(9)5-6-13(2)3;1-8-6-10(13)11-7-9(8)4-5-12(2)3;/h7-8H,5-6H2,1-4H3;6-7H,4-5H2,1-3H3,(H,11,13);1H. The van der Waals surface area contributed by atoms with Crippen LogP contribution < -0.4 is 10.3 Å². The van der Waals surface area contributed by atoms with Gasteiger partial charge in [-0.3, -0.25) is 4.79 Å². The predicted molar refractivity (Wildman–Crippen MR) is 122 cm³/mol. The van der Waals surface area contributed by atoms with Gasteiger partial charge in [0.15, 0.2) is 0 Å². The zero-order valence-electron chi connectivity index (χ0n) is 18.2. The van der Waals surface area contributed by atoms with Crippen LogP contribution in [0.5, 0.6) is 5.88 Å². The molecule has 0 bridgehead atoms. The van der Waals surface area contributed by atoms with E-state index in [1.807, 2.05) is 33.3 Å². The molecule has 28 heavy (non-hydrogen) atoms. The molecule has 0 aliphatic rings. The molecule has 2 heterocycles. The highest BCUT2D eigenvalue weighted by molar-refractivity contribution is 8.93. The first kappa shape index (κ1) is 26.3. The van der Waals surface area contributed by atoms with E-state index in [2.05, 4.69) is 40.8 Å². The summed E-state index contributed by atoms with van der Waals surface area (Å²) in [5.74, 6) is 0.691. The summed E-state index contributed by atoms with van der Waals surface area (Å²) in [5, 5.41) is 0. The fraction of sp³-hybridized carbons (Fsp3) is 0.524. The Labute approximate surface area is 179 Å². The van der Waals surface area contributed by atoms with Gasteiger partial charge in [0.25, 0.3) is 0 Å². The molecule has 7 heteroatoms. The van der Waals surface area contributed by atoms with Crippen molar-refractivity contribution in [1.29, 1.82) is 0 Å². The van der Waals surface area contributed by atoms with Crippen molar-refractivity contribution in [2.75, 3.05) is 48.4 Å². The summed E-state index contributed by atoms with van der Waals surface area (Å²) < 4.78 is 5.05. The van der Waals surface area contributed by atoms with E-state index in [-0.39, 0.29) is 22.5 Å². The average molecular weight is 455 g/mol. The number of likely N-dealkylation sites (N-methyl/N-ethyl adjacent to an activating group) is 2. The van der Waals surface area contributed by atoms with Crippen LogP contribution in [0.3, 0.4) is 0 Å². The van der Waals surface area contributed by atoms with E-state index in [0.717, 1.165) is 31.5 Å². The Morgan fingerprint density at radius 1 is 0.964 bits per heavy atom. The third-order valence-corrected chi connectivity index (χ3v) is 4.30. The number of methoxy groups -OCH3 is 1. The van der Waals surface area contributed by atoms with Gasteiger partial charge in [-0.25, -0.2) is 4.98 Å². The van der Waals surface area contributed by atoms with Crippen LogP contribution in [0.15, 0.2) is 29.3 Å². The molecule has 0 aromatic carbocycles. The first-order chi connectivity index (χ1) is 12.7. The molecule has 0 saturated carbocycles. The Morgan fingerprint density at radius 3 is 1.96 bits per heavy atom. The highest BCUT2D eigenvalue weighted by Crippen LogP contribution is 2.13. The van der Waals surface area contributed by atoms with Crippen LogP contribution in [-0.2, 0) is 12.8 Å². The molecule has 0 amide bonds. The van der Waals surface area contributed by atoms with Gasteiger partial charge in [0.1, 0.15) is 0 Å². The number of aromatic amines is 1. The molecule has 6 nitrogen and oxygen atoms in total. The normalized spacial score (nSPS) is 10.3. The average Bonchev–Trinajstić information content (AvgIpc) is 2.60. The fourth-order valence-corrected chi connectivity index (χ4v) is 2.49. The van der Waals surface area contributed by atoms with Crippen molar-refractivity contribution in [2.45, 2.75) is 26.7 Å². The van der Waals surface area contributed by atoms with E-state index in [1.54, 1.807) is 19.4 Å². The van der Waals surface area contributed by atoms with Gasteiger partial charge >= 0.3 is 0 Å². The van der Waals surface area contributed by atoms with Gasteiger partial charge in [-0.1, -0.05) is 0 Å². The summed E-state index contributed by atoms with van der Waals surface area (Å²) in [6.07, 6.45) is 5.73. The van der Waals surface area contributed by atoms with Gasteiger partial charge in [0, 0.05) is 37.6 Å². The number of aromatic nitrogens is 2. The minimum absolute atomic E-state index is 0. The van der Waals surface area contributed by atoms with Crippen LogP contribution in [0, 0.1) is 13.8 Å². The summed E-state index contributed by atoms with van der Waals surface area (Å²) in [7, 11) is 9.88. The van der Waals surface area contributed by atoms with Crippen molar-refractivity contribution in [2.24, 2.45) is 0 Å². The van der Waals surface area contributed by atoms with Crippen molar-refractivity contribution in [3.63, 3.8) is 0 Å². The van der Waals surface area contributed by atoms with Crippen molar-refractivity contribution >= 4 is 17.0 Å². The molecule has 0 radical (unpaired) electrons. The lowest BCUT2D eigenvalue weighted by atomic mass is 10.1. The lowest BCUT2D eigenvalue weighted by Gasteiger charge is -2.11. The number of nitrogens with zero attached hydrogens (tertiary/aromatic N) is 3. The quantitative estimate of drug-likeness (QED) is 0.696. The van der Waals surface area contributed by atoms with Gasteiger partial charge in [0.2, 0.25) is 11.4 Å². The molecule has 2 aromatic rings. The maximum Gasteiger partial charge on any atom is 0.248 e. The number of ether oxygens (including phenoxy) is 1. The van der Waals surface area contributed by atoms with Crippen molar-refractivity contribution in [3.8, 4) is 5.88 Å². The highest BCUT2D eigenvalue weighted by Gasteiger charge is 2.02. The summed E-state index contributed by atoms with van der Waals surface area (Å²) in [5.41, 5.74) is 4.81. The Morgan fingerprint density at radius 2 is 1.50 bits per heavy atom. The van der Waals surface area contributed by atoms with E-state index in [4.69, 9.17) is 4.74 Å². The van der Waals surface area contributed by atoms with Gasteiger partial charge < -0.3 is 19.5 Å². The second-order valence-corrected chi connectivity index (χ2v) is 7.27. The third kappa shape index (κ3) is 10.0. The lowest BCUT2D eigenvalue weighted by Crippen LogP contribution is -2.16. The molecular formula is C21H35BrN4O2. The minimum Gasteiger partial charge on any atom is -0.481 e. The number of pyridine rings is 2. The second kappa shape index (κ2) is 13.5. The van der Waals surface area contributed by atoms with Crippen LogP contribution >= 0.6 is 17.0 Å². The third-order valence-electron chi connectivity index (χ3n) is 4.30. The number of nitrogens with one attached hydrogen (secondary N) is 1. The number of H-pyrrole nitrogens is 1. The summed E-state index contributed by atoms with van der Waals surface area (Å²) in [6, 6.07) is 3.62. The highest BCUT2D eigenvalue weighted by atomic mass is 79.9. The number of aryl methyl sites for hydroxylation is 2. The minimum atomic E-state index is -0.0221. The van der Waals surface area contributed by atoms with Crippen molar-refractivity contribution in [1.82, 2.24) is 19.8 Å². The zero-order chi connectivity index (χ0) is 20.4. The summed E-state index contributed by atoms with van der Waals surface area (Å²) >= 11 is 0. The smallest absolute Gasteiger partial charge is 0.248 e. The van der Waals surface area contributed by atoms with Crippen LogP contribution in [0.1, 0.15) is 22.3 Å². The monoisotopic (exact) mass is 454 g/mol. The van der Waals surface area contributed by atoms with Gasteiger partial charge in [-0.2, -0.15) is 0 Å². The first-order valence-corrected chi connectivity index (χ1v) is 9.20. The van der Waals surface area contributed by atoms with Crippen molar-refractivity contribution in [3.05, 3.63) is 57.1 Å². The van der Waals surface area contributed by atoms with E-state index in [1.165, 1.54) is 16.7 Å². The molecular weight excluding hydrogens is 420 g/mol. The van der Waals surface area contributed by atoms with Crippen LogP contribution in [0.2, 0.25) is 0 Å². The number of hydrogen-bond donors (Lipinski definition) is 1. The topological polar surface area (TPSA) is 61.5 Å². The van der Waals surface area contributed by atoms with E-state index < -0.39 is 0 Å². The first-order valence-electron chi connectivity index (χ1n) is 9.20. The largest absolute Gasteiger partial charge is 0.481 e. The molecule has 0 saturated heterocycles. The van der Waals surface area contributed by atoms with Crippen LogP contribution in [0.4, 0.5) is 0 Å². The molecule has 1 N–H and O–H groups in total. The second-order valence-electron chi connectivity index (χ2n) is 7.27. The molecule has 0 spiro atoms. The van der Waals surface area contributed by atoms with Gasteiger partial charge in [-0.15, -0.1) is 17.0 Å². The Kier molecular flexibility index (Phi) is 12.7. The Hall–Kier alpha value is -1.70. The van der Waals surface area contributed by atoms with E-state index >= 15 is 0 Å². The number of rotatable bonds is 7. The maximum atomic E-state index is 10.9. The van der Waals surface area contributed by atoms with Crippen LogP contribution in [0.25, 0.3) is 0 Å². The van der Waals surface area contributed by atoms with Crippen molar-refractivity contribution < 1.29 is 4.74 Å². The molecule has 0 fully saturated rings. The predicted octanol–water partition coefficient (Wildman–Crippen LogP) is 2.87. The Bertz CT molecular complexity index is 760. The van der Waals surface area contributed by atoms with E-state index in [0.29, 0.717) is 5.88 Å². The molecule has 0 aliphatic heterocycles. The molecule has 0 aliphatic carbocycles. The molecule has 0 unspecified atom stereocenters. The molecule has 0 atom stereocenters. The SMILES string of the molecule is Br.COc1cc(C)c(CCN(C)C)cn1.Cc1cc(=O)[nH]cc1CCN(C)C. The summed E-state index contributed by atoms with van der Waals surface area (Å²) in [4.78, 5) is 22.1. The lowest BCUT2D eigenvalue weighted by molar-refractivity contribution is 0.395. The van der Waals surface area contributed by atoms with Crippen LogP contribution in [-0.4, -0.2) is 68.2 Å². The maximum absolute atomic E-state index is 10.9. The van der Waals surface area contributed by atoms with Gasteiger partial charge in [0.05, 0.1) is 7.11 Å². The summed E-state index contributed by atoms with van der Waals surface area (Å²) in [6.45, 7) is 6.12. The zero-order valence-corrected chi connectivity index (χ0v) is 19.9. The van der Waals surface area contributed by atoms with Gasteiger partial charge in [-0.05, 0) is 77.1 Å². The number of hydrogen-bond acceptors (Lipinski definition) is 5. The number of halogens is 1. The fourth-order valence-electron chi connectivity index (χ4n) is 2.49. The molecule has 158 valence electrons.